The summed E-state index contributed by atoms with van der Waals surface area (Å²) in [7, 11) is 0. The molecule has 0 saturated heterocycles. The quantitative estimate of drug-likeness (QED) is 0.0666. The summed E-state index contributed by atoms with van der Waals surface area (Å²) < 4.78 is 479. The minimum Gasteiger partial charge on any atom is -0.457 e. The molecule has 0 amide bonds. The molecule has 4 N–H and O–H groups in total. The Kier molecular flexibility index (Phi) is 16.2. The van der Waals surface area contributed by atoms with Crippen molar-refractivity contribution in [1.82, 2.24) is 0 Å². The Labute approximate surface area is 393 Å². The van der Waals surface area contributed by atoms with Crippen LogP contribution in [-0.4, -0.2) is 83.4 Å². The van der Waals surface area contributed by atoms with Crippen LogP contribution < -0.4 is 30.4 Å². The van der Waals surface area contributed by atoms with Gasteiger partial charge in [0.1, 0.15) is 23.0 Å². The molecule has 0 bridgehead atoms. The molecule has 3 aromatic rings. The van der Waals surface area contributed by atoms with Crippen LogP contribution in [0.5, 0.6) is 34.5 Å². The van der Waals surface area contributed by atoms with Crippen molar-refractivity contribution in [2.75, 3.05) is 11.5 Å². The first-order valence-corrected chi connectivity index (χ1v) is 17.9. The normalized spacial score (nSPS) is 15.5. The number of ether oxygens (including phenoxy) is 4. The van der Waals surface area contributed by atoms with E-state index >= 15 is 0 Å². The van der Waals surface area contributed by atoms with E-state index in [1.807, 2.05) is 0 Å². The van der Waals surface area contributed by atoms with Crippen LogP contribution in [0, 0.1) is 0 Å². The van der Waals surface area contributed by atoms with Crippen LogP contribution in [0.25, 0.3) is 0 Å². The van der Waals surface area contributed by atoms with Crippen LogP contribution in [0.1, 0.15) is 0 Å². The molecule has 0 aromatic heterocycles. The molecule has 0 spiro atoms. The van der Waals surface area contributed by atoms with Crippen molar-refractivity contribution in [3.8, 4) is 34.5 Å². The summed E-state index contributed by atoms with van der Waals surface area (Å²) in [5.41, 5.74) is 8.34. The minimum absolute atomic E-state index is 0.161. The van der Waals surface area contributed by atoms with Crippen LogP contribution in [-0.2, 0) is 0 Å². The topological polar surface area (TPSA) is 89.0 Å². The van der Waals surface area contributed by atoms with Gasteiger partial charge in [-0.25, -0.2) is 0 Å². The Morgan fingerprint density at radius 3 is 0.737 bits per heavy atom. The zero-order valence-corrected chi connectivity index (χ0v) is 34.4. The third-order valence-corrected chi connectivity index (χ3v) is 9.22. The van der Waals surface area contributed by atoms with Gasteiger partial charge >= 0.3 is 95.4 Å². The summed E-state index contributed by atoms with van der Waals surface area (Å²) in [6.07, 6.45) is -15.9. The smallest absolute Gasteiger partial charge is 0.457 e. The van der Waals surface area contributed by atoms with Gasteiger partial charge in [-0.1, -0.05) is 0 Å². The van der Waals surface area contributed by atoms with Crippen molar-refractivity contribution in [2.45, 2.75) is 83.4 Å². The van der Waals surface area contributed by atoms with E-state index in [-0.39, 0.29) is 12.1 Å². The van der Waals surface area contributed by atoms with Gasteiger partial charge in [-0.3, -0.25) is 0 Å². The number of alkyl halides is 30. The average Bonchev–Trinajstić information content (AvgIpc) is 3.27. The van der Waals surface area contributed by atoms with Crippen molar-refractivity contribution in [2.24, 2.45) is 0 Å². The Morgan fingerprint density at radius 2 is 0.500 bits per heavy atom. The van der Waals surface area contributed by atoms with Crippen LogP contribution in [0.2, 0.25) is 0 Å². The zero-order chi connectivity index (χ0) is 59.8. The van der Waals surface area contributed by atoms with Gasteiger partial charge < -0.3 is 30.4 Å². The molecule has 6 nitrogen and oxygen atoms in total. The largest absolute Gasteiger partial charge is 0.460 e. The number of anilines is 2. The van der Waals surface area contributed by atoms with Gasteiger partial charge in [0.2, 0.25) is 11.7 Å². The fraction of sp³-hybridized carbons (Fsp3) is 0.389. The summed E-state index contributed by atoms with van der Waals surface area (Å²) in [6, 6.07) is -2.14. The molecule has 430 valence electrons. The van der Waals surface area contributed by atoms with Crippen molar-refractivity contribution in [3.63, 3.8) is 0 Å². The lowest BCUT2D eigenvalue weighted by Crippen LogP contribution is -2.72. The molecule has 3 rings (SSSR count). The maximum Gasteiger partial charge on any atom is 0.460 e. The first-order chi connectivity index (χ1) is 33.5. The van der Waals surface area contributed by atoms with Gasteiger partial charge in [-0.15, -0.1) is 0 Å². The third kappa shape index (κ3) is 9.94. The van der Waals surface area contributed by atoms with E-state index < -0.39 is 153 Å². The Balaban J connectivity index is 1.87. The molecule has 76 heavy (non-hydrogen) atoms. The Bertz CT molecular complexity index is 2490. The number of benzene rings is 3. The molecular formula is C36H14F34N2O4. The van der Waals surface area contributed by atoms with Gasteiger partial charge in [0, 0.05) is 12.1 Å². The van der Waals surface area contributed by atoms with E-state index in [9.17, 15) is 149 Å². The van der Waals surface area contributed by atoms with Crippen LogP contribution in [0.4, 0.5) is 161 Å². The van der Waals surface area contributed by atoms with E-state index in [1.165, 1.54) is 0 Å². The van der Waals surface area contributed by atoms with Crippen molar-refractivity contribution in [1.29, 1.82) is 0 Å². The van der Waals surface area contributed by atoms with Crippen molar-refractivity contribution < 1.29 is 168 Å². The second-order valence-corrected chi connectivity index (χ2v) is 14.3. The maximum atomic E-state index is 14.4. The second-order valence-electron chi connectivity index (χ2n) is 14.3. The standard InChI is InChI=1S/C36H14F34N2O4/c37-19(23(41,42)25(45,46)27(49,50)29(53,54)31(57,58)33(61,62)35(65,66)67)21(39)75-17-9-13(5-7-15(17)71)73-11-1-2-12(4-3-11)74-14-6-8-16(72)18(10-14)76-22(40)20(38)24(43,44)26(47,48)28(51,52)30(55,56)32(59,60)34(63,64)36(68,69)70/h1-10H,71-72H2. The second kappa shape index (κ2) is 19.2. The number of rotatable bonds is 20. The van der Waals surface area contributed by atoms with E-state index in [4.69, 9.17) is 20.9 Å². The van der Waals surface area contributed by atoms with Gasteiger partial charge in [0.15, 0.2) is 11.5 Å². The number of halogens is 34. The van der Waals surface area contributed by atoms with Gasteiger partial charge in [-0.05, 0) is 48.5 Å². The molecule has 0 aliphatic rings. The minimum atomic E-state index is -8.87. The molecule has 40 heteroatoms. The highest BCUT2D eigenvalue weighted by Crippen LogP contribution is 2.65. The number of hydrogen-bond donors (Lipinski definition) is 2. The number of nitrogen functional groups attached to an aromatic ring is 2. The van der Waals surface area contributed by atoms with Crippen molar-refractivity contribution >= 4 is 11.4 Å². The predicted octanol–water partition coefficient (Wildman–Crippen LogP) is 16.2. The summed E-state index contributed by atoms with van der Waals surface area (Å²) >= 11 is 0. The molecule has 0 aliphatic carbocycles. The zero-order valence-electron chi connectivity index (χ0n) is 34.4. The average molecular weight is 1180 g/mol. The van der Waals surface area contributed by atoms with Crippen LogP contribution >= 0.6 is 0 Å². The van der Waals surface area contributed by atoms with Gasteiger partial charge in [0.25, 0.3) is 0 Å². The molecule has 0 atom stereocenters. The summed E-state index contributed by atoms with van der Waals surface area (Å²) in [6.45, 7) is 0. The predicted molar refractivity (Wildman–Crippen MR) is 180 cm³/mol. The fourth-order valence-electron chi connectivity index (χ4n) is 4.92. The van der Waals surface area contributed by atoms with Gasteiger partial charge in [-0.2, -0.15) is 149 Å². The number of nitrogens with two attached hydrogens (primary N) is 2. The van der Waals surface area contributed by atoms with E-state index in [1.54, 1.807) is 0 Å². The summed E-state index contributed by atoms with van der Waals surface area (Å²) in [4.78, 5) is 0. The molecule has 0 fully saturated rings. The molecule has 0 radical (unpaired) electrons. The SMILES string of the molecule is Nc1ccc(Oc2ccc(Oc3ccc(N)c(OC(F)=C(F)C(F)(F)C(F)(F)C(F)(F)C(F)(F)C(F)(F)C(F)(F)C(F)(F)F)c3)cc2)cc1OC(F)=C(F)C(F)(F)C(F)(F)C(F)(F)C(F)(F)C(F)(F)C(F)(F)C(F)(F)F. The lowest BCUT2D eigenvalue weighted by Gasteiger charge is -2.41. The molecular weight excluding hydrogens is 1170 g/mol. The van der Waals surface area contributed by atoms with Crippen LogP contribution in [0.15, 0.2) is 84.3 Å². The van der Waals surface area contributed by atoms with Crippen molar-refractivity contribution in [3.05, 3.63) is 84.3 Å². The monoisotopic (exact) mass is 1180 g/mol. The van der Waals surface area contributed by atoms with E-state index in [0.29, 0.717) is 24.3 Å². The Hall–Kier alpha value is -6.44. The first-order valence-electron chi connectivity index (χ1n) is 17.9. The number of allylic oxidation sites excluding steroid dienone is 2. The molecule has 3 aromatic carbocycles. The first kappa shape index (κ1) is 63.8. The summed E-state index contributed by atoms with van der Waals surface area (Å²) in [5, 5.41) is 0. The van der Waals surface area contributed by atoms with E-state index in [2.05, 4.69) is 9.47 Å². The molecule has 0 unspecified atom stereocenters. The molecule has 0 saturated carbocycles. The van der Waals surface area contributed by atoms with Crippen LogP contribution in [0.3, 0.4) is 0 Å². The highest BCUT2D eigenvalue weighted by molar-refractivity contribution is 5.58. The Morgan fingerprint density at radius 1 is 0.289 bits per heavy atom. The lowest BCUT2D eigenvalue weighted by molar-refractivity contribution is -0.451. The molecule has 0 aliphatic heterocycles. The van der Waals surface area contributed by atoms with Gasteiger partial charge in [0.05, 0.1) is 11.4 Å². The lowest BCUT2D eigenvalue weighted by atomic mass is 9.91. The highest BCUT2D eigenvalue weighted by Gasteiger charge is 2.95. The maximum absolute atomic E-state index is 14.4. The third-order valence-electron chi connectivity index (χ3n) is 9.22. The van der Waals surface area contributed by atoms with E-state index in [0.717, 1.165) is 24.3 Å². The number of hydrogen-bond acceptors (Lipinski definition) is 6. The fourth-order valence-corrected chi connectivity index (χ4v) is 4.92. The highest BCUT2D eigenvalue weighted by atomic mass is 19.4. The summed E-state index contributed by atoms with van der Waals surface area (Å²) in [5.74, 6) is -118. The molecule has 0 heterocycles.